The van der Waals surface area contributed by atoms with Gasteiger partial charge in [0.15, 0.2) is 5.78 Å². The molecule has 0 N–H and O–H groups in total. The quantitative estimate of drug-likeness (QED) is 0.696. The van der Waals surface area contributed by atoms with Crippen LogP contribution in [0.4, 0.5) is 0 Å². The maximum Gasteiger partial charge on any atom is 0.261 e. The van der Waals surface area contributed by atoms with E-state index >= 15 is 0 Å². The van der Waals surface area contributed by atoms with Crippen molar-refractivity contribution in [1.82, 2.24) is 9.55 Å². The van der Waals surface area contributed by atoms with Gasteiger partial charge in [0.2, 0.25) is 0 Å². The van der Waals surface area contributed by atoms with Gasteiger partial charge in [0, 0.05) is 10.6 Å². The van der Waals surface area contributed by atoms with Crippen LogP contribution in [0.25, 0.3) is 10.9 Å². The lowest BCUT2D eigenvalue weighted by molar-refractivity contribution is 0.0932. The van der Waals surface area contributed by atoms with E-state index < -0.39 is 6.04 Å². The Morgan fingerprint density at radius 1 is 1.18 bits per heavy atom. The van der Waals surface area contributed by atoms with E-state index in [0.717, 1.165) is 0 Å². The lowest BCUT2D eigenvalue weighted by Crippen LogP contribution is -2.28. The van der Waals surface area contributed by atoms with Gasteiger partial charge in [0.05, 0.1) is 23.3 Å². The van der Waals surface area contributed by atoms with Gasteiger partial charge in [-0.2, -0.15) is 0 Å². The first kappa shape index (κ1) is 14.5. The van der Waals surface area contributed by atoms with E-state index in [1.165, 1.54) is 10.9 Å². The number of fused-ring (bicyclic) bond motifs is 1. The molecule has 0 saturated heterocycles. The van der Waals surface area contributed by atoms with Crippen LogP contribution in [-0.4, -0.2) is 15.3 Å². The van der Waals surface area contributed by atoms with Crippen molar-refractivity contribution in [3.05, 3.63) is 75.8 Å². The Morgan fingerprint density at radius 2 is 1.91 bits per heavy atom. The van der Waals surface area contributed by atoms with Crippen molar-refractivity contribution in [3.63, 3.8) is 0 Å². The van der Waals surface area contributed by atoms with E-state index in [0.29, 0.717) is 21.5 Å². The predicted octanol–water partition coefficient (Wildman–Crippen LogP) is 3.49. The number of carbonyl (C=O) groups is 1. The van der Waals surface area contributed by atoms with E-state index in [4.69, 9.17) is 11.6 Å². The van der Waals surface area contributed by atoms with Crippen LogP contribution in [0.15, 0.2) is 59.7 Å². The van der Waals surface area contributed by atoms with Crippen LogP contribution in [0, 0.1) is 0 Å². The molecule has 0 radical (unpaired) electrons. The Bertz CT molecular complexity index is 903. The average Bonchev–Trinajstić information content (AvgIpc) is 2.54. The van der Waals surface area contributed by atoms with E-state index in [2.05, 4.69) is 4.98 Å². The molecule has 0 aliphatic carbocycles. The third kappa shape index (κ3) is 2.53. The molecule has 3 rings (SSSR count). The molecule has 0 saturated carbocycles. The van der Waals surface area contributed by atoms with Crippen LogP contribution in [0.2, 0.25) is 5.02 Å². The minimum Gasteiger partial charge on any atom is -0.292 e. The second-order valence-electron chi connectivity index (χ2n) is 5.02. The number of nitrogens with zero attached hydrogens (tertiary/aromatic N) is 2. The Kier molecular flexibility index (Phi) is 3.77. The summed E-state index contributed by atoms with van der Waals surface area (Å²) in [6.07, 6.45) is 1.40. The van der Waals surface area contributed by atoms with Gasteiger partial charge in [-0.15, -0.1) is 0 Å². The molecule has 2 aromatic carbocycles. The number of Topliss-reactive ketones (excluding diaryl/α,β-unsaturated/α-hetero) is 1. The van der Waals surface area contributed by atoms with Crippen molar-refractivity contribution < 1.29 is 4.79 Å². The summed E-state index contributed by atoms with van der Waals surface area (Å²) in [5.41, 5.74) is 0.838. The van der Waals surface area contributed by atoms with Crippen molar-refractivity contribution >= 4 is 28.3 Å². The van der Waals surface area contributed by atoms with Gasteiger partial charge in [-0.1, -0.05) is 41.9 Å². The fourth-order valence-electron chi connectivity index (χ4n) is 2.35. The molecule has 0 amide bonds. The Morgan fingerprint density at radius 3 is 2.64 bits per heavy atom. The monoisotopic (exact) mass is 312 g/mol. The van der Waals surface area contributed by atoms with Gasteiger partial charge >= 0.3 is 0 Å². The molecule has 3 aromatic rings. The smallest absolute Gasteiger partial charge is 0.261 e. The highest BCUT2D eigenvalue weighted by atomic mass is 35.5. The third-order valence-corrected chi connectivity index (χ3v) is 3.84. The minimum absolute atomic E-state index is 0.127. The first-order chi connectivity index (χ1) is 10.6. The van der Waals surface area contributed by atoms with E-state index in [1.54, 1.807) is 49.4 Å². The zero-order chi connectivity index (χ0) is 15.7. The van der Waals surface area contributed by atoms with E-state index in [-0.39, 0.29) is 11.3 Å². The van der Waals surface area contributed by atoms with Crippen LogP contribution in [0.3, 0.4) is 0 Å². The SMILES string of the molecule is C[C@@H](C(=O)c1ccccc1)n1cnc2cc(Cl)ccc2c1=O. The molecule has 0 aliphatic heterocycles. The number of ketones is 1. The van der Waals surface area contributed by atoms with Gasteiger partial charge in [-0.3, -0.25) is 14.2 Å². The molecule has 0 spiro atoms. The Labute approximate surface area is 132 Å². The largest absolute Gasteiger partial charge is 0.292 e. The minimum atomic E-state index is -0.623. The molecule has 22 heavy (non-hydrogen) atoms. The zero-order valence-corrected chi connectivity index (χ0v) is 12.6. The van der Waals surface area contributed by atoms with Crippen molar-refractivity contribution in [1.29, 1.82) is 0 Å². The third-order valence-electron chi connectivity index (χ3n) is 3.60. The maximum atomic E-state index is 12.5. The second-order valence-corrected chi connectivity index (χ2v) is 5.46. The summed E-state index contributed by atoms with van der Waals surface area (Å²) in [6, 6.07) is 13.2. The molecule has 5 heteroatoms. The number of hydrogen-bond acceptors (Lipinski definition) is 3. The molecule has 110 valence electrons. The van der Waals surface area contributed by atoms with Gasteiger partial charge in [-0.25, -0.2) is 4.98 Å². The summed E-state index contributed by atoms with van der Waals surface area (Å²) < 4.78 is 1.35. The van der Waals surface area contributed by atoms with Crippen molar-refractivity contribution in [2.24, 2.45) is 0 Å². The lowest BCUT2D eigenvalue weighted by Gasteiger charge is -2.14. The number of rotatable bonds is 3. The van der Waals surface area contributed by atoms with Gasteiger partial charge in [-0.05, 0) is 25.1 Å². The van der Waals surface area contributed by atoms with Crippen LogP contribution >= 0.6 is 11.6 Å². The number of carbonyl (C=O) groups excluding carboxylic acids is 1. The maximum absolute atomic E-state index is 12.5. The molecule has 1 heterocycles. The summed E-state index contributed by atoms with van der Waals surface area (Å²) in [4.78, 5) is 29.2. The number of benzene rings is 2. The van der Waals surface area contributed by atoms with Gasteiger partial charge in [0.1, 0.15) is 0 Å². The van der Waals surface area contributed by atoms with E-state index in [1.807, 2.05) is 6.07 Å². The highest BCUT2D eigenvalue weighted by molar-refractivity contribution is 6.31. The molecule has 0 aliphatic rings. The molecule has 4 nitrogen and oxygen atoms in total. The molecule has 1 aromatic heterocycles. The van der Waals surface area contributed by atoms with Crippen LogP contribution in [0.5, 0.6) is 0 Å². The molecule has 0 bridgehead atoms. The van der Waals surface area contributed by atoms with Crippen LogP contribution in [-0.2, 0) is 0 Å². The van der Waals surface area contributed by atoms with Crippen molar-refractivity contribution in [2.75, 3.05) is 0 Å². The van der Waals surface area contributed by atoms with Crippen LogP contribution < -0.4 is 5.56 Å². The van der Waals surface area contributed by atoms with Crippen molar-refractivity contribution in [2.45, 2.75) is 13.0 Å². The number of hydrogen-bond donors (Lipinski definition) is 0. The normalized spacial score (nSPS) is 12.3. The standard InChI is InChI=1S/C17H13ClN2O2/c1-11(16(21)12-5-3-2-4-6-12)20-10-19-15-9-13(18)7-8-14(15)17(20)22/h2-11H,1H3/t11-/m0/s1. The summed E-state index contributed by atoms with van der Waals surface area (Å²) in [5, 5.41) is 0.963. The Hall–Kier alpha value is -2.46. The number of halogens is 1. The Balaban J connectivity index is 2.07. The predicted molar refractivity (Wildman–Crippen MR) is 86.5 cm³/mol. The number of aromatic nitrogens is 2. The zero-order valence-electron chi connectivity index (χ0n) is 11.9. The highest BCUT2D eigenvalue weighted by Crippen LogP contribution is 2.17. The molecule has 0 fully saturated rings. The summed E-state index contributed by atoms with van der Waals surface area (Å²) >= 11 is 5.90. The first-order valence-corrected chi connectivity index (χ1v) is 7.21. The topological polar surface area (TPSA) is 52.0 Å². The van der Waals surface area contributed by atoms with E-state index in [9.17, 15) is 9.59 Å². The molecule has 0 unspecified atom stereocenters. The average molecular weight is 313 g/mol. The van der Waals surface area contributed by atoms with Crippen LogP contribution in [0.1, 0.15) is 23.3 Å². The lowest BCUT2D eigenvalue weighted by atomic mass is 10.1. The summed E-state index contributed by atoms with van der Waals surface area (Å²) in [5.74, 6) is -0.127. The highest BCUT2D eigenvalue weighted by Gasteiger charge is 2.19. The molecular weight excluding hydrogens is 300 g/mol. The first-order valence-electron chi connectivity index (χ1n) is 6.83. The van der Waals surface area contributed by atoms with Gasteiger partial charge in [0.25, 0.3) is 5.56 Å². The van der Waals surface area contributed by atoms with Gasteiger partial charge < -0.3 is 0 Å². The molecule has 1 atom stereocenters. The molecular formula is C17H13ClN2O2. The second kappa shape index (κ2) is 5.73. The fraction of sp³-hybridized carbons (Fsp3) is 0.118. The van der Waals surface area contributed by atoms with Crippen molar-refractivity contribution in [3.8, 4) is 0 Å². The fourth-order valence-corrected chi connectivity index (χ4v) is 2.52. The summed E-state index contributed by atoms with van der Waals surface area (Å²) in [7, 11) is 0. The summed E-state index contributed by atoms with van der Waals surface area (Å²) in [6.45, 7) is 1.69.